The Morgan fingerprint density at radius 2 is 2.00 bits per heavy atom. The summed E-state index contributed by atoms with van der Waals surface area (Å²) in [7, 11) is 0. The van der Waals surface area contributed by atoms with Gasteiger partial charge in [0.25, 0.3) is 0 Å². The molecule has 28 heavy (non-hydrogen) atoms. The predicted molar refractivity (Wildman–Crippen MR) is 98.4 cm³/mol. The molecule has 0 bridgehead atoms. The highest BCUT2D eigenvalue weighted by atomic mass is 19.1. The number of carbonyl (C=O) groups is 3. The van der Waals surface area contributed by atoms with Crippen LogP contribution in [0.4, 0.5) is 4.39 Å². The average Bonchev–Trinajstić information content (AvgIpc) is 3.29. The fraction of sp³-hybridized carbons (Fsp3) is 0.350. The number of rotatable bonds is 8. The van der Waals surface area contributed by atoms with E-state index in [1.54, 1.807) is 35.4 Å². The number of furan rings is 1. The molecule has 1 aromatic carbocycles. The Labute approximate surface area is 161 Å². The fourth-order valence-corrected chi connectivity index (χ4v) is 3.12. The first-order chi connectivity index (χ1) is 13.5. The molecule has 1 atom stereocenters. The molecule has 148 valence electrons. The van der Waals surface area contributed by atoms with Gasteiger partial charge in [-0.3, -0.25) is 14.4 Å². The van der Waals surface area contributed by atoms with E-state index in [1.165, 1.54) is 12.1 Å². The highest BCUT2D eigenvalue weighted by Gasteiger charge is 2.34. The zero-order chi connectivity index (χ0) is 19.9. The lowest BCUT2D eigenvalue weighted by Crippen LogP contribution is -2.38. The molecule has 1 aliphatic rings. The molecule has 1 fully saturated rings. The zero-order valence-corrected chi connectivity index (χ0v) is 15.3. The van der Waals surface area contributed by atoms with Crippen molar-refractivity contribution in [2.24, 2.45) is 5.92 Å². The van der Waals surface area contributed by atoms with E-state index in [2.05, 4.69) is 10.6 Å². The molecule has 1 saturated heterocycles. The molecule has 7 nitrogen and oxygen atoms in total. The molecule has 3 rings (SSSR count). The zero-order valence-electron chi connectivity index (χ0n) is 15.3. The normalized spacial score (nSPS) is 16.2. The van der Waals surface area contributed by atoms with Crippen molar-refractivity contribution in [2.45, 2.75) is 19.4 Å². The van der Waals surface area contributed by atoms with E-state index in [0.29, 0.717) is 24.4 Å². The largest absolute Gasteiger partial charge is 0.467 e. The van der Waals surface area contributed by atoms with Gasteiger partial charge in [0, 0.05) is 26.1 Å². The number of amides is 3. The number of nitrogens with one attached hydrogen (secondary N) is 2. The van der Waals surface area contributed by atoms with Crippen LogP contribution in [0.5, 0.6) is 0 Å². The number of benzene rings is 1. The third-order valence-corrected chi connectivity index (χ3v) is 4.51. The Kier molecular flexibility index (Phi) is 6.41. The maximum Gasteiger partial charge on any atom is 0.225 e. The quantitative estimate of drug-likeness (QED) is 0.667. The molecule has 8 heteroatoms. The third-order valence-electron chi connectivity index (χ3n) is 4.51. The smallest absolute Gasteiger partial charge is 0.225 e. The molecule has 3 amide bonds. The van der Waals surface area contributed by atoms with E-state index in [4.69, 9.17) is 4.42 Å². The maximum atomic E-state index is 13.1. The molecule has 0 radical (unpaired) electrons. The first-order valence-corrected chi connectivity index (χ1v) is 9.10. The molecular weight excluding hydrogens is 365 g/mol. The van der Waals surface area contributed by atoms with E-state index in [1.807, 2.05) is 0 Å². The van der Waals surface area contributed by atoms with Crippen molar-refractivity contribution in [3.63, 3.8) is 0 Å². The maximum absolute atomic E-state index is 13.1. The van der Waals surface area contributed by atoms with Gasteiger partial charge in [0.1, 0.15) is 11.6 Å². The van der Waals surface area contributed by atoms with E-state index in [0.717, 1.165) is 0 Å². The lowest BCUT2D eigenvalue weighted by molar-refractivity contribution is -0.129. The van der Waals surface area contributed by atoms with Crippen LogP contribution < -0.4 is 10.6 Å². The summed E-state index contributed by atoms with van der Waals surface area (Å²) in [5.41, 5.74) is 0.586. The van der Waals surface area contributed by atoms with Crippen LogP contribution in [-0.4, -0.2) is 42.3 Å². The summed E-state index contributed by atoms with van der Waals surface area (Å²) in [4.78, 5) is 37.8. The molecule has 0 saturated carbocycles. The number of hydrogen-bond donors (Lipinski definition) is 2. The summed E-state index contributed by atoms with van der Waals surface area (Å²) in [5.74, 6) is -0.666. The highest BCUT2D eigenvalue weighted by Crippen LogP contribution is 2.20. The molecule has 2 aromatic rings. The standard InChI is InChI=1S/C20H22FN3O4/c21-16-4-1-3-14(9-16)10-18(25)22-6-7-23-20(27)15-11-19(26)24(12-15)13-17-5-2-8-28-17/h1-5,8-9,15H,6-7,10-13H2,(H,22,25)(H,23,27). The van der Waals surface area contributed by atoms with Gasteiger partial charge in [0.05, 0.1) is 25.1 Å². The van der Waals surface area contributed by atoms with Crippen LogP contribution in [0.1, 0.15) is 17.7 Å². The molecule has 1 unspecified atom stereocenters. The van der Waals surface area contributed by atoms with E-state index in [-0.39, 0.29) is 49.5 Å². The number of hydrogen-bond acceptors (Lipinski definition) is 4. The van der Waals surface area contributed by atoms with Crippen LogP contribution in [0.25, 0.3) is 0 Å². The second-order valence-electron chi connectivity index (χ2n) is 6.70. The lowest BCUT2D eigenvalue weighted by atomic mass is 10.1. The second-order valence-corrected chi connectivity index (χ2v) is 6.70. The van der Waals surface area contributed by atoms with Gasteiger partial charge >= 0.3 is 0 Å². The van der Waals surface area contributed by atoms with Gasteiger partial charge in [0.15, 0.2) is 0 Å². The Balaban J connectivity index is 1.35. The summed E-state index contributed by atoms with van der Waals surface area (Å²) >= 11 is 0. The van der Waals surface area contributed by atoms with Crippen molar-refractivity contribution >= 4 is 17.7 Å². The van der Waals surface area contributed by atoms with Gasteiger partial charge in [-0.25, -0.2) is 4.39 Å². The Hall–Kier alpha value is -3.16. The van der Waals surface area contributed by atoms with E-state index >= 15 is 0 Å². The summed E-state index contributed by atoms with van der Waals surface area (Å²) in [6, 6.07) is 9.40. The SMILES string of the molecule is O=C(Cc1cccc(F)c1)NCCNC(=O)C1CC(=O)N(Cc2ccco2)C1. The van der Waals surface area contributed by atoms with Crippen molar-refractivity contribution in [3.8, 4) is 0 Å². The predicted octanol–water partition coefficient (Wildman–Crippen LogP) is 1.24. The van der Waals surface area contributed by atoms with E-state index < -0.39 is 5.92 Å². The summed E-state index contributed by atoms with van der Waals surface area (Å²) < 4.78 is 18.3. The van der Waals surface area contributed by atoms with Gasteiger partial charge in [-0.05, 0) is 29.8 Å². The van der Waals surface area contributed by atoms with Crippen LogP contribution >= 0.6 is 0 Å². The Morgan fingerprint density at radius 3 is 2.75 bits per heavy atom. The summed E-state index contributed by atoms with van der Waals surface area (Å²) in [5, 5.41) is 5.41. The van der Waals surface area contributed by atoms with Gasteiger partial charge < -0.3 is 20.0 Å². The number of nitrogens with zero attached hydrogens (tertiary/aromatic N) is 1. The summed E-state index contributed by atoms with van der Waals surface area (Å²) in [6.07, 6.45) is 1.78. The topological polar surface area (TPSA) is 91.7 Å². The Morgan fingerprint density at radius 1 is 1.18 bits per heavy atom. The molecule has 0 spiro atoms. The number of carbonyl (C=O) groups excluding carboxylic acids is 3. The molecule has 1 aromatic heterocycles. The lowest BCUT2D eigenvalue weighted by Gasteiger charge is -2.15. The van der Waals surface area contributed by atoms with Crippen molar-refractivity contribution in [3.05, 3.63) is 59.8 Å². The van der Waals surface area contributed by atoms with E-state index in [9.17, 15) is 18.8 Å². The Bertz CT molecular complexity index is 838. The highest BCUT2D eigenvalue weighted by molar-refractivity contribution is 5.89. The number of halogens is 1. The minimum atomic E-state index is -0.412. The average molecular weight is 387 g/mol. The van der Waals surface area contributed by atoms with Crippen LogP contribution in [0.3, 0.4) is 0 Å². The van der Waals surface area contributed by atoms with Gasteiger partial charge in [-0.2, -0.15) is 0 Å². The molecule has 2 heterocycles. The van der Waals surface area contributed by atoms with Crippen LogP contribution in [-0.2, 0) is 27.3 Å². The third kappa shape index (κ3) is 5.42. The molecule has 1 aliphatic heterocycles. The van der Waals surface area contributed by atoms with Crippen molar-refractivity contribution < 1.29 is 23.2 Å². The first-order valence-electron chi connectivity index (χ1n) is 9.10. The minimum absolute atomic E-state index is 0.0740. The van der Waals surface area contributed by atoms with Gasteiger partial charge in [-0.15, -0.1) is 0 Å². The van der Waals surface area contributed by atoms with Crippen molar-refractivity contribution in [2.75, 3.05) is 19.6 Å². The van der Waals surface area contributed by atoms with Gasteiger partial charge in [-0.1, -0.05) is 12.1 Å². The van der Waals surface area contributed by atoms with Crippen LogP contribution in [0.2, 0.25) is 0 Å². The summed E-state index contributed by atoms with van der Waals surface area (Å²) in [6.45, 7) is 1.22. The van der Waals surface area contributed by atoms with Crippen LogP contribution in [0.15, 0.2) is 47.1 Å². The first kappa shape index (κ1) is 19.6. The molecule has 2 N–H and O–H groups in total. The molecular formula is C20H22FN3O4. The molecule has 0 aliphatic carbocycles. The monoisotopic (exact) mass is 387 g/mol. The van der Waals surface area contributed by atoms with Crippen LogP contribution in [0, 0.1) is 11.7 Å². The minimum Gasteiger partial charge on any atom is -0.467 e. The number of likely N-dealkylation sites (tertiary alicyclic amines) is 1. The fourth-order valence-electron chi connectivity index (χ4n) is 3.12. The van der Waals surface area contributed by atoms with Crippen molar-refractivity contribution in [1.82, 2.24) is 15.5 Å². The van der Waals surface area contributed by atoms with Crippen molar-refractivity contribution in [1.29, 1.82) is 0 Å². The second kappa shape index (κ2) is 9.16. The van der Waals surface area contributed by atoms with Gasteiger partial charge in [0.2, 0.25) is 17.7 Å².